The lowest BCUT2D eigenvalue weighted by Gasteiger charge is -2.13. The van der Waals surface area contributed by atoms with E-state index >= 15 is 0 Å². The van der Waals surface area contributed by atoms with Crippen LogP contribution in [0.25, 0.3) is 0 Å². The van der Waals surface area contributed by atoms with Crippen molar-refractivity contribution in [3.05, 3.63) is 48.3 Å². The van der Waals surface area contributed by atoms with Gasteiger partial charge in [-0.25, -0.2) is 12.8 Å². The zero-order chi connectivity index (χ0) is 19.2. The topological polar surface area (TPSA) is 103 Å². The minimum Gasteiger partial charge on any atom is -0.497 e. The Morgan fingerprint density at radius 2 is 1.85 bits per heavy atom. The zero-order valence-electron chi connectivity index (χ0n) is 14.0. The largest absolute Gasteiger partial charge is 0.497 e. The third kappa shape index (κ3) is 5.07. The van der Waals surface area contributed by atoms with Gasteiger partial charge in [-0.15, -0.1) is 4.83 Å². The van der Waals surface area contributed by atoms with Crippen molar-refractivity contribution in [1.82, 2.24) is 10.3 Å². The van der Waals surface area contributed by atoms with E-state index in [1.807, 2.05) is 10.3 Å². The van der Waals surface area contributed by atoms with E-state index in [4.69, 9.17) is 14.2 Å². The van der Waals surface area contributed by atoms with Gasteiger partial charge in [-0.3, -0.25) is 10.2 Å². The van der Waals surface area contributed by atoms with Crippen molar-refractivity contribution in [2.24, 2.45) is 0 Å². The monoisotopic (exact) mass is 384 g/mol. The van der Waals surface area contributed by atoms with Crippen LogP contribution in [0.3, 0.4) is 0 Å². The number of benzene rings is 2. The molecule has 1 amide bonds. The van der Waals surface area contributed by atoms with Gasteiger partial charge in [0.1, 0.15) is 28.0 Å². The molecule has 2 aromatic carbocycles. The van der Waals surface area contributed by atoms with Gasteiger partial charge < -0.3 is 14.2 Å². The Bertz CT molecular complexity index is 888. The molecule has 26 heavy (non-hydrogen) atoms. The van der Waals surface area contributed by atoms with Crippen LogP contribution in [0.4, 0.5) is 4.39 Å². The maximum absolute atomic E-state index is 13.0. The van der Waals surface area contributed by atoms with Crippen LogP contribution in [0.1, 0.15) is 0 Å². The van der Waals surface area contributed by atoms with Gasteiger partial charge in [0.05, 0.1) is 14.2 Å². The predicted molar refractivity (Wildman–Crippen MR) is 89.9 cm³/mol. The number of ether oxygens (including phenoxy) is 3. The fourth-order valence-corrected chi connectivity index (χ4v) is 2.96. The number of carbonyl (C=O) groups excluding carboxylic acids is 1. The van der Waals surface area contributed by atoms with Crippen LogP contribution in [0.5, 0.6) is 17.2 Å². The van der Waals surface area contributed by atoms with Crippen molar-refractivity contribution in [1.29, 1.82) is 0 Å². The number of hydrogen-bond donors (Lipinski definition) is 2. The molecule has 0 bridgehead atoms. The van der Waals surface area contributed by atoms with Gasteiger partial charge in [0.15, 0.2) is 6.61 Å². The molecule has 0 heterocycles. The van der Waals surface area contributed by atoms with Crippen molar-refractivity contribution in [2.75, 3.05) is 20.8 Å². The molecule has 0 aliphatic heterocycles. The summed E-state index contributed by atoms with van der Waals surface area (Å²) in [6.07, 6.45) is 0. The van der Waals surface area contributed by atoms with E-state index in [0.717, 1.165) is 6.07 Å². The van der Waals surface area contributed by atoms with Crippen LogP contribution in [0, 0.1) is 5.82 Å². The number of rotatable bonds is 8. The average molecular weight is 384 g/mol. The molecule has 0 unspecified atom stereocenters. The Balaban J connectivity index is 2.00. The highest BCUT2D eigenvalue weighted by Gasteiger charge is 2.21. The molecule has 8 nitrogen and oxygen atoms in total. The molecule has 0 aliphatic rings. The average Bonchev–Trinajstić information content (AvgIpc) is 2.64. The first kappa shape index (κ1) is 19.5. The number of hydrogen-bond acceptors (Lipinski definition) is 6. The summed E-state index contributed by atoms with van der Waals surface area (Å²) in [5, 5.41) is 0. The maximum Gasteiger partial charge on any atom is 0.272 e. The van der Waals surface area contributed by atoms with Crippen molar-refractivity contribution < 1.29 is 31.8 Å². The number of halogens is 1. The normalized spacial score (nSPS) is 10.9. The maximum atomic E-state index is 13.0. The quantitative estimate of drug-likeness (QED) is 0.664. The molecule has 0 atom stereocenters. The van der Waals surface area contributed by atoms with E-state index in [1.165, 1.54) is 50.6 Å². The third-order valence-corrected chi connectivity index (χ3v) is 4.42. The Labute approximate surface area is 149 Å². The van der Waals surface area contributed by atoms with Crippen molar-refractivity contribution in [3.63, 3.8) is 0 Å². The molecule has 0 aliphatic carbocycles. The Hall–Kier alpha value is -2.85. The summed E-state index contributed by atoms with van der Waals surface area (Å²) in [4.78, 5) is 13.5. The molecule has 0 saturated heterocycles. The molecule has 10 heteroatoms. The second kappa shape index (κ2) is 8.50. The van der Waals surface area contributed by atoms with E-state index in [1.54, 1.807) is 0 Å². The van der Waals surface area contributed by atoms with Gasteiger partial charge in [-0.1, -0.05) is 6.07 Å². The van der Waals surface area contributed by atoms with Gasteiger partial charge in [-0.2, -0.15) is 0 Å². The molecular weight excluding hydrogens is 367 g/mol. The fourth-order valence-electron chi connectivity index (χ4n) is 1.91. The van der Waals surface area contributed by atoms with Crippen LogP contribution in [-0.2, 0) is 14.8 Å². The summed E-state index contributed by atoms with van der Waals surface area (Å²) in [7, 11) is -1.43. The van der Waals surface area contributed by atoms with Crippen LogP contribution >= 0.6 is 0 Å². The number of amides is 1. The van der Waals surface area contributed by atoms with Gasteiger partial charge in [0.25, 0.3) is 15.9 Å². The lowest BCUT2D eigenvalue weighted by Crippen LogP contribution is -2.43. The summed E-state index contributed by atoms with van der Waals surface area (Å²) in [5.74, 6) is -0.790. The second-order valence-corrected chi connectivity index (χ2v) is 6.57. The van der Waals surface area contributed by atoms with Crippen LogP contribution in [0.2, 0.25) is 0 Å². The van der Waals surface area contributed by atoms with Gasteiger partial charge in [-0.05, 0) is 24.3 Å². The number of methoxy groups -OCH3 is 2. The van der Waals surface area contributed by atoms with Crippen molar-refractivity contribution in [3.8, 4) is 17.2 Å². The first-order valence-corrected chi connectivity index (χ1v) is 8.75. The third-order valence-electron chi connectivity index (χ3n) is 3.15. The molecule has 2 rings (SSSR count). The molecule has 0 radical (unpaired) electrons. The number of sulfonamides is 1. The summed E-state index contributed by atoms with van der Waals surface area (Å²) >= 11 is 0. The van der Waals surface area contributed by atoms with E-state index in [0.29, 0.717) is 5.75 Å². The lowest BCUT2D eigenvalue weighted by atomic mass is 10.3. The first-order valence-electron chi connectivity index (χ1n) is 7.27. The van der Waals surface area contributed by atoms with Gasteiger partial charge >= 0.3 is 0 Å². The fraction of sp³-hybridized carbons (Fsp3) is 0.188. The zero-order valence-corrected chi connectivity index (χ0v) is 14.8. The van der Waals surface area contributed by atoms with E-state index in [9.17, 15) is 17.6 Å². The summed E-state index contributed by atoms with van der Waals surface area (Å²) < 4.78 is 52.8. The van der Waals surface area contributed by atoms with E-state index in [-0.39, 0.29) is 16.4 Å². The molecule has 2 aromatic rings. The summed E-state index contributed by atoms with van der Waals surface area (Å²) in [6.45, 7) is -0.513. The molecule has 0 spiro atoms. The molecule has 2 N–H and O–H groups in total. The minimum absolute atomic E-state index is 0.0727. The Morgan fingerprint density at radius 1 is 1.08 bits per heavy atom. The Morgan fingerprint density at radius 3 is 2.50 bits per heavy atom. The highest BCUT2D eigenvalue weighted by Crippen LogP contribution is 2.27. The molecule has 140 valence electrons. The lowest BCUT2D eigenvalue weighted by molar-refractivity contribution is -0.123. The smallest absolute Gasteiger partial charge is 0.272 e. The van der Waals surface area contributed by atoms with Crippen molar-refractivity contribution >= 4 is 15.9 Å². The molecule has 0 aromatic heterocycles. The number of nitrogens with one attached hydrogen (secondary N) is 2. The Kier molecular flexibility index (Phi) is 6.36. The van der Waals surface area contributed by atoms with Crippen LogP contribution in [0.15, 0.2) is 47.4 Å². The van der Waals surface area contributed by atoms with E-state index in [2.05, 4.69) is 0 Å². The number of carbonyl (C=O) groups is 1. The SMILES string of the molecule is COc1ccc(OC)c(S(=O)(=O)NNC(=O)COc2cccc(F)c2)c1. The second-order valence-electron chi connectivity index (χ2n) is 4.92. The van der Waals surface area contributed by atoms with E-state index < -0.39 is 28.4 Å². The van der Waals surface area contributed by atoms with Crippen LogP contribution in [-0.4, -0.2) is 35.2 Å². The van der Waals surface area contributed by atoms with Gasteiger partial charge in [0, 0.05) is 12.1 Å². The molecule has 0 fully saturated rings. The highest BCUT2D eigenvalue weighted by molar-refractivity contribution is 7.89. The van der Waals surface area contributed by atoms with Crippen molar-refractivity contribution in [2.45, 2.75) is 4.90 Å². The molecule has 0 saturated carbocycles. The van der Waals surface area contributed by atoms with Gasteiger partial charge in [0.2, 0.25) is 0 Å². The standard InChI is InChI=1S/C16H17FN2O6S/c1-23-12-6-7-14(24-2)15(9-12)26(21,22)19-18-16(20)10-25-13-5-3-4-11(17)8-13/h3-9,19H,10H2,1-2H3,(H,18,20). The summed E-state index contributed by atoms with van der Waals surface area (Å²) in [5.41, 5.74) is 2.00. The predicted octanol–water partition coefficient (Wildman–Crippen LogP) is 1.23. The molecular formula is C16H17FN2O6S. The van der Waals surface area contributed by atoms with Crippen LogP contribution < -0.4 is 24.5 Å². The first-order chi connectivity index (χ1) is 12.4. The summed E-state index contributed by atoms with van der Waals surface area (Å²) in [6, 6.07) is 9.39. The highest BCUT2D eigenvalue weighted by atomic mass is 32.2. The minimum atomic E-state index is -4.12. The number of hydrazine groups is 1.